The Morgan fingerprint density at radius 2 is 2.00 bits per heavy atom. The number of nitrogens with zero attached hydrogens (tertiary/aromatic N) is 1. The Morgan fingerprint density at radius 3 is 2.90 bits per heavy atom. The van der Waals surface area contributed by atoms with Gasteiger partial charge in [-0.25, -0.2) is 4.98 Å². The van der Waals surface area contributed by atoms with E-state index < -0.39 is 0 Å². The molecule has 0 fully saturated rings. The minimum atomic E-state index is 0.684. The van der Waals surface area contributed by atoms with Crippen LogP contribution >= 0.6 is 11.3 Å². The van der Waals surface area contributed by atoms with Gasteiger partial charge in [-0.05, 0) is 10.8 Å². The van der Waals surface area contributed by atoms with Gasteiger partial charge in [-0.1, -0.05) is 53.8 Å². The first-order valence-corrected chi connectivity index (χ1v) is 7.37. The van der Waals surface area contributed by atoms with E-state index in [2.05, 4.69) is 52.8 Å². The fraction of sp³-hybridized carbons (Fsp3) is 0.188. The summed E-state index contributed by atoms with van der Waals surface area (Å²) in [6.07, 6.45) is 1.93. The number of nitrogens with one attached hydrogen (secondary N) is 1. The van der Waals surface area contributed by atoms with E-state index in [1.165, 1.54) is 21.2 Å². The number of methoxy groups -OCH3 is 1. The summed E-state index contributed by atoms with van der Waals surface area (Å²) >= 11 is 1.67. The second kappa shape index (κ2) is 6.03. The van der Waals surface area contributed by atoms with E-state index in [9.17, 15) is 0 Å². The smallest absolute Gasteiger partial charge is 0.183 e. The molecule has 2 aromatic carbocycles. The Kier molecular flexibility index (Phi) is 3.95. The molecule has 0 aliphatic rings. The van der Waals surface area contributed by atoms with Gasteiger partial charge in [0, 0.05) is 25.4 Å². The highest BCUT2D eigenvalue weighted by molar-refractivity contribution is 7.19. The summed E-state index contributed by atoms with van der Waals surface area (Å²) < 4.78 is 5.03. The standard InChI is InChI=1S/C16H16N2OS/c1-19-10-9-17-16-18-11-15(20-16)14-8-4-6-12-5-2-3-7-13(12)14/h2-8,11H,9-10H2,1H3,(H,17,18). The SMILES string of the molecule is COCCNc1ncc(-c2cccc3ccccc23)s1. The average Bonchev–Trinajstić information content (AvgIpc) is 2.96. The molecule has 4 heteroatoms. The Hall–Kier alpha value is -1.91. The van der Waals surface area contributed by atoms with Gasteiger partial charge in [0.15, 0.2) is 5.13 Å². The number of anilines is 1. The van der Waals surface area contributed by atoms with Crippen LogP contribution in [0.15, 0.2) is 48.7 Å². The van der Waals surface area contributed by atoms with Crippen LogP contribution in [0.3, 0.4) is 0 Å². The molecule has 0 spiro atoms. The first-order chi connectivity index (χ1) is 9.88. The van der Waals surface area contributed by atoms with Gasteiger partial charge in [0.05, 0.1) is 11.5 Å². The molecule has 3 aromatic rings. The summed E-state index contributed by atoms with van der Waals surface area (Å²) in [7, 11) is 1.70. The number of hydrogen-bond donors (Lipinski definition) is 1. The molecule has 1 aromatic heterocycles. The van der Waals surface area contributed by atoms with Gasteiger partial charge in [0.1, 0.15) is 0 Å². The minimum Gasteiger partial charge on any atom is -0.383 e. The van der Waals surface area contributed by atoms with E-state index in [1.54, 1.807) is 18.4 Å². The molecule has 0 saturated carbocycles. The van der Waals surface area contributed by atoms with Crippen molar-refractivity contribution < 1.29 is 4.74 Å². The highest BCUT2D eigenvalue weighted by atomic mass is 32.1. The second-order valence-corrected chi connectivity index (χ2v) is 5.51. The predicted octanol–water partition coefficient (Wildman–Crippen LogP) is 4.02. The van der Waals surface area contributed by atoms with E-state index >= 15 is 0 Å². The van der Waals surface area contributed by atoms with Crippen LogP contribution in [0.4, 0.5) is 5.13 Å². The van der Waals surface area contributed by atoms with Gasteiger partial charge in [-0.2, -0.15) is 0 Å². The molecule has 1 N–H and O–H groups in total. The highest BCUT2D eigenvalue weighted by Crippen LogP contribution is 2.33. The number of thiazole rings is 1. The van der Waals surface area contributed by atoms with Gasteiger partial charge in [-0.15, -0.1) is 0 Å². The first-order valence-electron chi connectivity index (χ1n) is 6.55. The monoisotopic (exact) mass is 284 g/mol. The minimum absolute atomic E-state index is 0.684. The summed E-state index contributed by atoms with van der Waals surface area (Å²) in [5.74, 6) is 0. The van der Waals surface area contributed by atoms with Crippen LogP contribution in [0.25, 0.3) is 21.2 Å². The number of hydrogen-bond acceptors (Lipinski definition) is 4. The maximum atomic E-state index is 5.03. The van der Waals surface area contributed by atoms with Crippen LogP contribution in [0.5, 0.6) is 0 Å². The highest BCUT2D eigenvalue weighted by Gasteiger charge is 2.07. The molecule has 0 bridgehead atoms. The van der Waals surface area contributed by atoms with Crippen LogP contribution in [0.1, 0.15) is 0 Å². The zero-order chi connectivity index (χ0) is 13.8. The Bertz CT molecular complexity index is 703. The fourth-order valence-corrected chi connectivity index (χ4v) is 3.06. The maximum absolute atomic E-state index is 5.03. The van der Waals surface area contributed by atoms with Crippen molar-refractivity contribution in [2.75, 3.05) is 25.6 Å². The summed E-state index contributed by atoms with van der Waals surface area (Å²) in [5, 5.41) is 6.72. The van der Waals surface area contributed by atoms with E-state index in [0.29, 0.717) is 6.61 Å². The molecule has 3 rings (SSSR count). The van der Waals surface area contributed by atoms with Gasteiger partial charge in [0.2, 0.25) is 0 Å². The summed E-state index contributed by atoms with van der Waals surface area (Å²) in [5.41, 5.74) is 1.24. The lowest BCUT2D eigenvalue weighted by Gasteiger charge is -2.03. The van der Waals surface area contributed by atoms with Crippen LogP contribution in [0.2, 0.25) is 0 Å². The molecule has 1 heterocycles. The fourth-order valence-electron chi connectivity index (χ4n) is 2.18. The normalized spacial score (nSPS) is 10.8. The lowest BCUT2D eigenvalue weighted by molar-refractivity contribution is 0.211. The number of aromatic nitrogens is 1. The van der Waals surface area contributed by atoms with Crippen molar-refractivity contribution in [2.24, 2.45) is 0 Å². The van der Waals surface area contributed by atoms with Crippen molar-refractivity contribution in [2.45, 2.75) is 0 Å². The molecule has 0 amide bonds. The molecule has 0 aliphatic carbocycles. The lowest BCUT2D eigenvalue weighted by atomic mass is 10.0. The Labute approximate surface area is 122 Å². The van der Waals surface area contributed by atoms with Crippen molar-refractivity contribution in [3.05, 3.63) is 48.7 Å². The van der Waals surface area contributed by atoms with Crippen LogP contribution in [-0.4, -0.2) is 25.2 Å². The number of benzene rings is 2. The van der Waals surface area contributed by atoms with E-state index in [0.717, 1.165) is 11.7 Å². The maximum Gasteiger partial charge on any atom is 0.183 e. The molecule has 0 unspecified atom stereocenters. The van der Waals surface area contributed by atoms with Crippen molar-refractivity contribution in [3.63, 3.8) is 0 Å². The number of ether oxygens (including phenoxy) is 1. The van der Waals surface area contributed by atoms with Crippen LogP contribution in [-0.2, 0) is 4.74 Å². The molecule has 102 valence electrons. The molecule has 0 aliphatic heterocycles. The van der Waals surface area contributed by atoms with E-state index in [-0.39, 0.29) is 0 Å². The molecular formula is C16H16N2OS. The van der Waals surface area contributed by atoms with E-state index in [4.69, 9.17) is 4.74 Å². The van der Waals surface area contributed by atoms with Gasteiger partial charge >= 0.3 is 0 Å². The molecule has 3 nitrogen and oxygen atoms in total. The quantitative estimate of drug-likeness (QED) is 0.718. The third kappa shape index (κ3) is 2.66. The summed E-state index contributed by atoms with van der Waals surface area (Å²) in [6, 6.07) is 14.8. The van der Waals surface area contributed by atoms with Gasteiger partial charge < -0.3 is 10.1 Å². The van der Waals surface area contributed by atoms with E-state index in [1.807, 2.05) is 6.20 Å². The zero-order valence-electron chi connectivity index (χ0n) is 11.3. The average molecular weight is 284 g/mol. The van der Waals surface area contributed by atoms with Crippen molar-refractivity contribution in [1.82, 2.24) is 4.98 Å². The third-order valence-corrected chi connectivity index (χ3v) is 4.13. The largest absolute Gasteiger partial charge is 0.383 e. The molecule has 0 radical (unpaired) electrons. The van der Waals surface area contributed by atoms with Crippen LogP contribution in [0, 0.1) is 0 Å². The topological polar surface area (TPSA) is 34.1 Å². The number of fused-ring (bicyclic) bond motifs is 1. The summed E-state index contributed by atoms with van der Waals surface area (Å²) in [6.45, 7) is 1.46. The van der Waals surface area contributed by atoms with Crippen molar-refractivity contribution in [3.8, 4) is 10.4 Å². The second-order valence-electron chi connectivity index (χ2n) is 4.48. The summed E-state index contributed by atoms with van der Waals surface area (Å²) in [4.78, 5) is 5.61. The number of rotatable bonds is 5. The van der Waals surface area contributed by atoms with Crippen LogP contribution < -0.4 is 5.32 Å². The zero-order valence-corrected chi connectivity index (χ0v) is 12.1. The van der Waals surface area contributed by atoms with Crippen molar-refractivity contribution in [1.29, 1.82) is 0 Å². The Morgan fingerprint density at radius 1 is 1.15 bits per heavy atom. The molecule has 0 atom stereocenters. The molecule has 0 saturated heterocycles. The van der Waals surface area contributed by atoms with Gasteiger partial charge in [0.25, 0.3) is 0 Å². The predicted molar refractivity (Wildman–Crippen MR) is 85.4 cm³/mol. The van der Waals surface area contributed by atoms with Gasteiger partial charge in [-0.3, -0.25) is 0 Å². The third-order valence-electron chi connectivity index (χ3n) is 3.14. The lowest BCUT2D eigenvalue weighted by Crippen LogP contribution is -2.06. The van der Waals surface area contributed by atoms with Crippen molar-refractivity contribution >= 4 is 27.2 Å². The molecular weight excluding hydrogens is 268 g/mol. The Balaban J connectivity index is 1.91. The molecule has 20 heavy (non-hydrogen) atoms. The first kappa shape index (κ1) is 13.1.